The van der Waals surface area contributed by atoms with E-state index in [1.807, 2.05) is 50.2 Å². The fourth-order valence-electron chi connectivity index (χ4n) is 4.55. The number of benzene rings is 2. The van der Waals surface area contributed by atoms with Gasteiger partial charge in [-0.05, 0) is 38.5 Å². The SMILES string of the molecule is COC(=O)[C@@]1(C)N[C@H](c2ccc(C)cc2)[C@H]2C(=O)N(c3ccc(C)cc3)C(=O)[C@H]21. The van der Waals surface area contributed by atoms with Gasteiger partial charge in [-0.1, -0.05) is 47.5 Å². The summed E-state index contributed by atoms with van der Waals surface area (Å²) in [6.45, 7) is 5.57. The number of fused-ring (bicyclic) bond motifs is 1. The van der Waals surface area contributed by atoms with Gasteiger partial charge in [-0.2, -0.15) is 0 Å². The molecule has 2 aliphatic rings. The average Bonchev–Trinajstić information content (AvgIpc) is 3.17. The van der Waals surface area contributed by atoms with Crippen molar-refractivity contribution in [2.75, 3.05) is 12.0 Å². The Morgan fingerprint density at radius 3 is 2.07 bits per heavy atom. The fourth-order valence-corrected chi connectivity index (χ4v) is 4.55. The summed E-state index contributed by atoms with van der Waals surface area (Å²) in [5.74, 6) is -2.74. The third-order valence-electron chi connectivity index (χ3n) is 6.13. The molecule has 1 N–H and O–H groups in total. The number of hydrogen-bond donors (Lipinski definition) is 1. The Kier molecular flexibility index (Phi) is 4.54. The molecule has 4 rings (SSSR count). The van der Waals surface area contributed by atoms with Crippen molar-refractivity contribution >= 4 is 23.5 Å². The molecule has 6 heteroatoms. The molecule has 0 radical (unpaired) electrons. The maximum atomic E-state index is 13.4. The van der Waals surface area contributed by atoms with Crippen molar-refractivity contribution in [3.8, 4) is 0 Å². The molecule has 2 aromatic rings. The summed E-state index contributed by atoms with van der Waals surface area (Å²) in [7, 11) is 1.29. The Bertz CT molecular complexity index is 983. The number of nitrogens with zero attached hydrogens (tertiary/aromatic N) is 1. The van der Waals surface area contributed by atoms with Crippen molar-refractivity contribution in [2.45, 2.75) is 32.4 Å². The molecule has 2 aromatic carbocycles. The molecular formula is C23H24N2O4. The van der Waals surface area contributed by atoms with Crippen LogP contribution in [0.25, 0.3) is 0 Å². The largest absolute Gasteiger partial charge is 0.468 e. The number of carbonyl (C=O) groups excluding carboxylic acids is 3. The number of aryl methyl sites for hydroxylation is 2. The fraction of sp³-hybridized carbons (Fsp3) is 0.348. The van der Waals surface area contributed by atoms with Gasteiger partial charge in [-0.3, -0.25) is 19.7 Å². The van der Waals surface area contributed by atoms with E-state index in [4.69, 9.17) is 4.74 Å². The zero-order chi connectivity index (χ0) is 20.9. The smallest absolute Gasteiger partial charge is 0.326 e. The van der Waals surface area contributed by atoms with Gasteiger partial charge in [0, 0.05) is 6.04 Å². The number of amides is 2. The van der Waals surface area contributed by atoms with Crippen molar-refractivity contribution in [3.63, 3.8) is 0 Å². The number of esters is 1. The number of imide groups is 1. The second-order valence-corrected chi connectivity index (χ2v) is 8.08. The number of carbonyl (C=O) groups is 3. The zero-order valence-electron chi connectivity index (χ0n) is 16.9. The van der Waals surface area contributed by atoms with Crippen LogP contribution < -0.4 is 10.2 Å². The first-order chi connectivity index (χ1) is 13.8. The molecule has 6 nitrogen and oxygen atoms in total. The minimum Gasteiger partial charge on any atom is -0.468 e. The lowest BCUT2D eigenvalue weighted by Crippen LogP contribution is -2.54. The van der Waals surface area contributed by atoms with Crippen LogP contribution in [0.1, 0.15) is 29.7 Å². The van der Waals surface area contributed by atoms with E-state index in [1.165, 1.54) is 12.0 Å². The normalized spacial score (nSPS) is 28.6. The molecule has 2 aliphatic heterocycles. The molecule has 4 atom stereocenters. The highest BCUT2D eigenvalue weighted by Crippen LogP contribution is 2.49. The van der Waals surface area contributed by atoms with Gasteiger partial charge in [-0.25, -0.2) is 4.90 Å². The van der Waals surface area contributed by atoms with Crippen LogP contribution in [-0.2, 0) is 19.1 Å². The van der Waals surface area contributed by atoms with Crippen molar-refractivity contribution in [2.24, 2.45) is 11.8 Å². The second-order valence-electron chi connectivity index (χ2n) is 8.08. The van der Waals surface area contributed by atoms with Crippen LogP contribution in [0.5, 0.6) is 0 Å². The van der Waals surface area contributed by atoms with Crippen LogP contribution in [0.15, 0.2) is 48.5 Å². The Morgan fingerprint density at radius 2 is 1.52 bits per heavy atom. The highest BCUT2D eigenvalue weighted by Gasteiger charge is 2.67. The minimum atomic E-state index is -1.29. The minimum absolute atomic E-state index is 0.297. The van der Waals surface area contributed by atoms with Gasteiger partial charge < -0.3 is 4.74 Å². The van der Waals surface area contributed by atoms with Gasteiger partial charge in [0.05, 0.1) is 24.6 Å². The number of nitrogens with one attached hydrogen (secondary N) is 1. The van der Waals surface area contributed by atoms with Crippen molar-refractivity contribution in [1.29, 1.82) is 0 Å². The molecule has 0 aromatic heterocycles. The van der Waals surface area contributed by atoms with Gasteiger partial charge in [0.15, 0.2) is 0 Å². The first-order valence-corrected chi connectivity index (χ1v) is 9.65. The predicted molar refractivity (Wildman–Crippen MR) is 108 cm³/mol. The van der Waals surface area contributed by atoms with Crippen molar-refractivity contribution < 1.29 is 19.1 Å². The summed E-state index contributed by atoms with van der Waals surface area (Å²) >= 11 is 0. The zero-order valence-corrected chi connectivity index (χ0v) is 16.9. The van der Waals surface area contributed by atoms with E-state index in [1.54, 1.807) is 19.1 Å². The van der Waals surface area contributed by atoms with Crippen molar-refractivity contribution in [3.05, 3.63) is 65.2 Å². The number of hydrogen-bond acceptors (Lipinski definition) is 5. The van der Waals surface area contributed by atoms with Crippen LogP contribution in [0.2, 0.25) is 0 Å². The van der Waals surface area contributed by atoms with Crippen LogP contribution in [0.3, 0.4) is 0 Å². The van der Waals surface area contributed by atoms with Crippen LogP contribution in [0.4, 0.5) is 5.69 Å². The van der Waals surface area contributed by atoms with Gasteiger partial charge >= 0.3 is 5.97 Å². The van der Waals surface area contributed by atoms with Crippen LogP contribution in [-0.4, -0.2) is 30.4 Å². The highest BCUT2D eigenvalue weighted by atomic mass is 16.5. The van der Waals surface area contributed by atoms with Gasteiger partial charge in [0.25, 0.3) is 0 Å². The Hall–Kier alpha value is -2.99. The summed E-state index contributed by atoms with van der Waals surface area (Å²) < 4.78 is 5.01. The average molecular weight is 392 g/mol. The molecule has 2 fully saturated rings. The third kappa shape index (κ3) is 2.86. The molecule has 2 heterocycles. The molecule has 0 bridgehead atoms. The van der Waals surface area contributed by atoms with E-state index in [0.717, 1.165) is 16.7 Å². The van der Waals surface area contributed by atoms with E-state index >= 15 is 0 Å². The summed E-state index contributed by atoms with van der Waals surface area (Å²) in [4.78, 5) is 40.8. The monoisotopic (exact) mass is 392 g/mol. The van der Waals surface area contributed by atoms with Gasteiger partial charge in [-0.15, -0.1) is 0 Å². The number of methoxy groups -OCH3 is 1. The number of rotatable bonds is 3. The summed E-state index contributed by atoms with van der Waals surface area (Å²) in [5, 5.41) is 3.25. The summed E-state index contributed by atoms with van der Waals surface area (Å²) in [6, 6.07) is 14.6. The molecule has 0 aliphatic carbocycles. The van der Waals surface area contributed by atoms with Crippen molar-refractivity contribution in [1.82, 2.24) is 5.32 Å². The molecular weight excluding hydrogens is 368 g/mol. The van der Waals surface area contributed by atoms with Gasteiger partial charge in [0.1, 0.15) is 5.54 Å². The maximum absolute atomic E-state index is 13.4. The topological polar surface area (TPSA) is 75.7 Å². The van der Waals surface area contributed by atoms with E-state index in [2.05, 4.69) is 5.32 Å². The Labute approximate surface area is 169 Å². The molecule has 0 saturated carbocycles. The lowest BCUT2D eigenvalue weighted by Gasteiger charge is -2.28. The quantitative estimate of drug-likeness (QED) is 0.642. The number of anilines is 1. The molecule has 0 spiro atoms. The third-order valence-corrected chi connectivity index (χ3v) is 6.13. The first kappa shape index (κ1) is 19.3. The van der Waals surface area contributed by atoms with Crippen LogP contribution >= 0.6 is 0 Å². The van der Waals surface area contributed by atoms with Crippen LogP contribution in [0, 0.1) is 25.7 Å². The van der Waals surface area contributed by atoms with Gasteiger partial charge in [0.2, 0.25) is 11.8 Å². The molecule has 2 amide bonds. The lowest BCUT2D eigenvalue weighted by molar-refractivity contribution is -0.151. The molecule has 150 valence electrons. The van der Waals surface area contributed by atoms with E-state index in [-0.39, 0.29) is 11.8 Å². The van der Waals surface area contributed by atoms with E-state index in [9.17, 15) is 14.4 Å². The maximum Gasteiger partial charge on any atom is 0.326 e. The highest BCUT2D eigenvalue weighted by molar-refractivity contribution is 6.24. The predicted octanol–water partition coefficient (Wildman–Crippen LogP) is 2.69. The Morgan fingerprint density at radius 1 is 0.966 bits per heavy atom. The van der Waals surface area contributed by atoms with E-state index < -0.39 is 29.4 Å². The molecule has 0 unspecified atom stereocenters. The summed E-state index contributed by atoms with van der Waals surface area (Å²) in [5.41, 5.74) is 2.22. The lowest BCUT2D eigenvalue weighted by atomic mass is 9.80. The molecule has 2 saturated heterocycles. The standard InChI is InChI=1S/C23H24N2O4/c1-13-5-9-15(10-6-13)19-17-18(23(3,24-19)22(28)29-4)21(27)25(20(17)26)16-11-7-14(2)8-12-16/h5-12,17-19,24H,1-4H3/t17-,18-,19+,23-/m0/s1. The first-order valence-electron chi connectivity index (χ1n) is 9.65. The molecule has 29 heavy (non-hydrogen) atoms. The summed E-state index contributed by atoms with van der Waals surface area (Å²) in [6.07, 6.45) is 0. The number of ether oxygens (including phenoxy) is 1. The second kappa shape index (κ2) is 6.81. The Balaban J connectivity index is 1.81. The van der Waals surface area contributed by atoms with E-state index in [0.29, 0.717) is 5.69 Å².